The van der Waals surface area contributed by atoms with Gasteiger partial charge in [-0.1, -0.05) is 45.4 Å². The first-order valence-corrected chi connectivity index (χ1v) is 8.23. The summed E-state index contributed by atoms with van der Waals surface area (Å²) in [6.45, 7) is 2.33. The molecule has 0 unspecified atom stereocenters. The third kappa shape index (κ3) is 8.18. The fourth-order valence-electron chi connectivity index (χ4n) is 2.10. The van der Waals surface area contributed by atoms with E-state index in [0.717, 1.165) is 19.3 Å². The molecule has 1 aromatic heterocycles. The molecular weight excluding hydrogens is 296 g/mol. The molecule has 0 aliphatic heterocycles. The molecule has 0 aromatic carbocycles. The topological polar surface area (TPSA) is 88.5 Å². The Kier molecular flexibility index (Phi) is 9.43. The first kappa shape index (κ1) is 18.9. The number of nitrogens with zero attached hydrogens (tertiary/aromatic N) is 1. The van der Waals surface area contributed by atoms with E-state index in [9.17, 15) is 14.7 Å². The summed E-state index contributed by atoms with van der Waals surface area (Å²) in [5.41, 5.74) is -0.104. The molecule has 2 N–H and O–H groups in total. The van der Waals surface area contributed by atoms with E-state index in [1.807, 2.05) is 0 Å². The molecule has 0 aliphatic rings. The lowest BCUT2D eigenvalue weighted by Crippen LogP contribution is -2.31. The minimum atomic E-state index is -0.601. The number of rotatable bonds is 11. The number of aromatic hydroxyl groups is 1. The average Bonchev–Trinajstić information content (AvgIpc) is 2.55. The number of esters is 1. The molecule has 0 saturated heterocycles. The number of hydrogen-bond donors (Lipinski definition) is 2. The van der Waals surface area contributed by atoms with Crippen LogP contribution in [0.2, 0.25) is 0 Å². The van der Waals surface area contributed by atoms with Gasteiger partial charge in [-0.15, -0.1) is 0 Å². The van der Waals surface area contributed by atoms with Gasteiger partial charge in [-0.25, -0.2) is 4.98 Å². The summed E-state index contributed by atoms with van der Waals surface area (Å²) < 4.78 is 5.05. The van der Waals surface area contributed by atoms with E-state index in [4.69, 9.17) is 4.74 Å². The highest BCUT2D eigenvalue weighted by atomic mass is 16.5. The summed E-state index contributed by atoms with van der Waals surface area (Å²) in [6.07, 6.45) is 9.45. The smallest absolute Gasteiger partial charge is 0.325 e. The molecule has 6 heteroatoms. The summed E-state index contributed by atoms with van der Waals surface area (Å²) in [6, 6.07) is 2.88. The Balaban J connectivity index is 2.08. The second-order valence-corrected chi connectivity index (χ2v) is 5.40. The SMILES string of the molecule is CCCCCCCCCOC(=O)CNC(=O)c1ncccc1O. The maximum atomic E-state index is 11.7. The number of carbonyl (C=O) groups is 2. The first-order chi connectivity index (χ1) is 11.1. The average molecular weight is 322 g/mol. The van der Waals surface area contributed by atoms with E-state index in [1.165, 1.54) is 44.0 Å². The van der Waals surface area contributed by atoms with Crippen LogP contribution in [-0.4, -0.2) is 35.1 Å². The van der Waals surface area contributed by atoms with Gasteiger partial charge < -0.3 is 15.2 Å². The van der Waals surface area contributed by atoms with Crippen LogP contribution in [0.4, 0.5) is 0 Å². The summed E-state index contributed by atoms with van der Waals surface area (Å²) in [5.74, 6) is -1.31. The number of aromatic nitrogens is 1. The van der Waals surface area contributed by atoms with E-state index < -0.39 is 11.9 Å². The number of hydrogen-bond acceptors (Lipinski definition) is 5. The van der Waals surface area contributed by atoms with Crippen LogP contribution in [-0.2, 0) is 9.53 Å². The van der Waals surface area contributed by atoms with Crippen molar-refractivity contribution in [2.45, 2.75) is 51.9 Å². The van der Waals surface area contributed by atoms with Crippen LogP contribution >= 0.6 is 0 Å². The monoisotopic (exact) mass is 322 g/mol. The van der Waals surface area contributed by atoms with Gasteiger partial charge in [0, 0.05) is 6.20 Å². The lowest BCUT2D eigenvalue weighted by Gasteiger charge is -2.07. The molecule has 6 nitrogen and oxygen atoms in total. The highest BCUT2D eigenvalue weighted by molar-refractivity contribution is 5.96. The molecule has 0 fully saturated rings. The van der Waals surface area contributed by atoms with Gasteiger partial charge in [0.25, 0.3) is 5.91 Å². The standard InChI is InChI=1S/C17H26N2O4/c1-2-3-4-5-6-7-8-12-23-15(21)13-19-17(22)16-14(20)10-9-11-18-16/h9-11,20H,2-8,12-13H2,1H3,(H,19,22). The van der Waals surface area contributed by atoms with Crippen molar-refractivity contribution in [3.8, 4) is 5.75 Å². The number of pyridine rings is 1. The van der Waals surface area contributed by atoms with Crippen molar-refractivity contribution in [2.24, 2.45) is 0 Å². The molecule has 128 valence electrons. The maximum Gasteiger partial charge on any atom is 0.325 e. The van der Waals surface area contributed by atoms with Crippen molar-refractivity contribution in [2.75, 3.05) is 13.2 Å². The van der Waals surface area contributed by atoms with E-state index in [1.54, 1.807) is 0 Å². The minimum absolute atomic E-state index is 0.104. The Morgan fingerprint density at radius 2 is 1.87 bits per heavy atom. The molecule has 0 atom stereocenters. The maximum absolute atomic E-state index is 11.7. The Bertz CT molecular complexity index is 491. The Morgan fingerprint density at radius 1 is 1.17 bits per heavy atom. The van der Waals surface area contributed by atoms with Crippen molar-refractivity contribution in [1.29, 1.82) is 0 Å². The summed E-state index contributed by atoms with van der Waals surface area (Å²) in [7, 11) is 0. The van der Waals surface area contributed by atoms with Crippen molar-refractivity contribution in [3.63, 3.8) is 0 Å². The molecular formula is C17H26N2O4. The van der Waals surface area contributed by atoms with Crippen molar-refractivity contribution in [3.05, 3.63) is 24.0 Å². The second-order valence-electron chi connectivity index (χ2n) is 5.40. The van der Waals surface area contributed by atoms with Gasteiger partial charge in [-0.05, 0) is 18.6 Å². The normalized spacial score (nSPS) is 10.3. The zero-order valence-electron chi connectivity index (χ0n) is 13.7. The fourth-order valence-corrected chi connectivity index (χ4v) is 2.10. The Labute approximate surface area is 137 Å². The number of amides is 1. The minimum Gasteiger partial charge on any atom is -0.505 e. The molecule has 23 heavy (non-hydrogen) atoms. The van der Waals surface area contributed by atoms with E-state index in [2.05, 4.69) is 17.2 Å². The summed E-state index contributed by atoms with van der Waals surface area (Å²) >= 11 is 0. The highest BCUT2D eigenvalue weighted by Crippen LogP contribution is 2.11. The van der Waals surface area contributed by atoms with Crippen LogP contribution in [0, 0.1) is 0 Å². The number of unbranched alkanes of at least 4 members (excludes halogenated alkanes) is 6. The molecule has 1 aromatic rings. The van der Waals surface area contributed by atoms with E-state index in [0.29, 0.717) is 6.61 Å². The predicted molar refractivity (Wildman–Crippen MR) is 87.2 cm³/mol. The van der Waals surface area contributed by atoms with Crippen LogP contribution in [0.25, 0.3) is 0 Å². The number of ether oxygens (including phenoxy) is 1. The zero-order valence-corrected chi connectivity index (χ0v) is 13.7. The van der Waals surface area contributed by atoms with Gasteiger partial charge in [0.2, 0.25) is 0 Å². The molecule has 1 heterocycles. The highest BCUT2D eigenvalue weighted by Gasteiger charge is 2.13. The number of carbonyl (C=O) groups excluding carboxylic acids is 2. The Morgan fingerprint density at radius 3 is 2.57 bits per heavy atom. The predicted octanol–water partition coefficient (Wildman–Crippen LogP) is 2.81. The third-order valence-corrected chi connectivity index (χ3v) is 3.41. The van der Waals surface area contributed by atoms with Crippen LogP contribution in [0.5, 0.6) is 5.75 Å². The van der Waals surface area contributed by atoms with Crippen molar-refractivity contribution < 1.29 is 19.4 Å². The van der Waals surface area contributed by atoms with Gasteiger partial charge in [0.1, 0.15) is 12.3 Å². The van der Waals surface area contributed by atoms with Crippen LogP contribution in [0.3, 0.4) is 0 Å². The molecule has 0 spiro atoms. The fraction of sp³-hybridized carbons (Fsp3) is 0.588. The van der Waals surface area contributed by atoms with E-state index in [-0.39, 0.29) is 18.0 Å². The van der Waals surface area contributed by atoms with Crippen molar-refractivity contribution in [1.82, 2.24) is 10.3 Å². The van der Waals surface area contributed by atoms with E-state index >= 15 is 0 Å². The first-order valence-electron chi connectivity index (χ1n) is 8.23. The van der Waals surface area contributed by atoms with Gasteiger partial charge in [0.05, 0.1) is 6.61 Å². The third-order valence-electron chi connectivity index (χ3n) is 3.41. The van der Waals surface area contributed by atoms with Crippen LogP contribution < -0.4 is 5.32 Å². The van der Waals surface area contributed by atoms with Gasteiger partial charge in [-0.3, -0.25) is 9.59 Å². The van der Waals surface area contributed by atoms with Crippen molar-refractivity contribution >= 4 is 11.9 Å². The zero-order chi connectivity index (χ0) is 16.9. The molecule has 0 aliphatic carbocycles. The van der Waals surface area contributed by atoms with Crippen LogP contribution in [0.15, 0.2) is 18.3 Å². The quantitative estimate of drug-likeness (QED) is 0.483. The summed E-state index contributed by atoms with van der Waals surface area (Å²) in [5, 5.41) is 11.9. The number of nitrogens with one attached hydrogen (secondary N) is 1. The molecule has 1 amide bonds. The molecule has 0 saturated carbocycles. The largest absolute Gasteiger partial charge is 0.505 e. The summed E-state index contributed by atoms with van der Waals surface area (Å²) in [4.78, 5) is 27.0. The Hall–Kier alpha value is -2.11. The molecule has 0 bridgehead atoms. The second kappa shape index (κ2) is 11.5. The van der Waals surface area contributed by atoms with Gasteiger partial charge in [-0.2, -0.15) is 0 Å². The lowest BCUT2D eigenvalue weighted by molar-refractivity contribution is -0.142. The molecule has 1 rings (SSSR count). The molecule has 0 radical (unpaired) electrons. The lowest BCUT2D eigenvalue weighted by atomic mass is 10.1. The van der Waals surface area contributed by atoms with Crippen LogP contribution in [0.1, 0.15) is 62.4 Å². The van der Waals surface area contributed by atoms with Gasteiger partial charge in [0.15, 0.2) is 5.69 Å². The van der Waals surface area contributed by atoms with Gasteiger partial charge >= 0.3 is 5.97 Å².